The second-order valence-electron chi connectivity index (χ2n) is 6.45. The molecule has 4 rings (SSSR count). The lowest BCUT2D eigenvalue weighted by atomic mass is 9.96. The van der Waals surface area contributed by atoms with E-state index in [-0.39, 0.29) is 17.6 Å². The summed E-state index contributed by atoms with van der Waals surface area (Å²) >= 11 is 2.78. The number of nitrogens with zero attached hydrogens (tertiary/aromatic N) is 4. The van der Waals surface area contributed by atoms with Gasteiger partial charge in [0.15, 0.2) is 11.0 Å². The van der Waals surface area contributed by atoms with Gasteiger partial charge in [-0.15, -0.1) is 11.3 Å². The van der Waals surface area contributed by atoms with E-state index in [0.29, 0.717) is 11.0 Å². The van der Waals surface area contributed by atoms with Crippen LogP contribution in [0.1, 0.15) is 18.5 Å². The molecular weight excluding hydrogens is 385 g/mol. The molecule has 1 saturated heterocycles. The second kappa shape index (κ2) is 7.69. The molecule has 2 aromatic heterocycles. The fourth-order valence-electron chi connectivity index (χ4n) is 3.02. The van der Waals surface area contributed by atoms with Crippen LogP contribution in [0.2, 0.25) is 0 Å². The largest absolute Gasteiger partial charge is 0.348 e. The number of hydrogen-bond acceptors (Lipinski definition) is 7. The van der Waals surface area contributed by atoms with E-state index in [9.17, 15) is 9.18 Å². The van der Waals surface area contributed by atoms with Gasteiger partial charge in [0.25, 0.3) is 0 Å². The molecule has 0 radical (unpaired) electrons. The maximum absolute atomic E-state index is 13.0. The van der Waals surface area contributed by atoms with Gasteiger partial charge in [0.05, 0.1) is 5.69 Å². The summed E-state index contributed by atoms with van der Waals surface area (Å²) in [4.78, 5) is 23.6. The summed E-state index contributed by atoms with van der Waals surface area (Å²) < 4.78 is 17.3. The predicted molar refractivity (Wildman–Crippen MR) is 106 cm³/mol. The minimum absolute atomic E-state index is 0.0215. The summed E-state index contributed by atoms with van der Waals surface area (Å²) in [6.45, 7) is 3.63. The molecule has 1 aliphatic rings. The lowest BCUT2D eigenvalue weighted by molar-refractivity contribution is -0.120. The third kappa shape index (κ3) is 4.14. The first kappa shape index (κ1) is 18.0. The van der Waals surface area contributed by atoms with Crippen LogP contribution in [0.5, 0.6) is 0 Å². The van der Waals surface area contributed by atoms with Crippen molar-refractivity contribution in [2.45, 2.75) is 19.8 Å². The molecule has 0 spiro atoms. The molecule has 27 heavy (non-hydrogen) atoms. The number of carbonyl (C=O) groups excluding carboxylic acids is 1. The number of hydrogen-bond donors (Lipinski definition) is 1. The van der Waals surface area contributed by atoms with E-state index in [4.69, 9.17) is 0 Å². The molecule has 1 fully saturated rings. The van der Waals surface area contributed by atoms with Gasteiger partial charge in [0, 0.05) is 41.5 Å². The molecule has 1 aliphatic heterocycles. The summed E-state index contributed by atoms with van der Waals surface area (Å²) in [6, 6.07) is 5.98. The van der Waals surface area contributed by atoms with Crippen LogP contribution in [0.15, 0.2) is 29.6 Å². The van der Waals surface area contributed by atoms with E-state index in [2.05, 4.69) is 24.6 Å². The number of thiazole rings is 1. The van der Waals surface area contributed by atoms with Crippen molar-refractivity contribution in [3.63, 3.8) is 0 Å². The van der Waals surface area contributed by atoms with Crippen molar-refractivity contribution in [3.05, 3.63) is 41.2 Å². The number of nitrogens with one attached hydrogen (secondary N) is 1. The lowest BCUT2D eigenvalue weighted by Gasteiger charge is -2.30. The molecular formula is C18H18FN5OS2. The Balaban J connectivity index is 1.34. The molecule has 0 saturated carbocycles. The van der Waals surface area contributed by atoms with Crippen LogP contribution >= 0.6 is 22.9 Å². The van der Waals surface area contributed by atoms with Crippen molar-refractivity contribution in [3.8, 4) is 11.4 Å². The third-order valence-electron chi connectivity index (χ3n) is 4.50. The Morgan fingerprint density at radius 3 is 2.63 bits per heavy atom. The first-order valence-corrected chi connectivity index (χ1v) is 10.3. The van der Waals surface area contributed by atoms with E-state index < -0.39 is 0 Å². The van der Waals surface area contributed by atoms with Gasteiger partial charge < -0.3 is 10.2 Å². The Kier molecular flexibility index (Phi) is 5.13. The number of aryl methyl sites for hydroxylation is 1. The number of piperidine rings is 1. The van der Waals surface area contributed by atoms with Crippen molar-refractivity contribution in [2.75, 3.05) is 23.3 Å². The summed E-state index contributed by atoms with van der Waals surface area (Å²) in [5, 5.41) is 6.41. The molecule has 0 atom stereocenters. The summed E-state index contributed by atoms with van der Waals surface area (Å²) in [5.74, 6) is 0.123. The Morgan fingerprint density at radius 2 is 1.96 bits per heavy atom. The number of anilines is 2. The van der Waals surface area contributed by atoms with Crippen LogP contribution in [0.4, 0.5) is 14.7 Å². The molecule has 0 unspecified atom stereocenters. The van der Waals surface area contributed by atoms with E-state index in [1.807, 2.05) is 12.3 Å². The first-order chi connectivity index (χ1) is 13.1. The molecule has 1 aromatic carbocycles. The van der Waals surface area contributed by atoms with Gasteiger partial charge in [-0.05, 0) is 44.0 Å². The van der Waals surface area contributed by atoms with Crippen molar-refractivity contribution in [1.29, 1.82) is 0 Å². The van der Waals surface area contributed by atoms with Crippen LogP contribution in [0.25, 0.3) is 11.4 Å². The Bertz CT molecular complexity index is 931. The standard InChI is InChI=1S/C18H18FN5OS2/c1-11-10-26-18(20-11)24-8-6-13(7-9-24)16(25)22-17-21-15(23-27-17)12-2-4-14(19)5-3-12/h2-5,10,13H,6-9H2,1H3,(H,21,22,23,25). The average Bonchev–Trinajstić information content (AvgIpc) is 3.32. The highest BCUT2D eigenvalue weighted by Gasteiger charge is 2.27. The number of rotatable bonds is 4. The maximum Gasteiger partial charge on any atom is 0.229 e. The zero-order valence-electron chi connectivity index (χ0n) is 14.7. The van der Waals surface area contributed by atoms with E-state index in [1.54, 1.807) is 23.5 Å². The van der Waals surface area contributed by atoms with E-state index >= 15 is 0 Å². The van der Waals surface area contributed by atoms with Crippen molar-refractivity contribution >= 4 is 39.0 Å². The molecule has 0 bridgehead atoms. The summed E-state index contributed by atoms with van der Waals surface area (Å²) in [5.41, 5.74) is 1.75. The number of aromatic nitrogens is 3. The zero-order valence-corrected chi connectivity index (χ0v) is 16.3. The number of amides is 1. The Hall–Kier alpha value is -2.39. The topological polar surface area (TPSA) is 71.0 Å². The van der Waals surface area contributed by atoms with Crippen LogP contribution in [0, 0.1) is 18.7 Å². The van der Waals surface area contributed by atoms with E-state index in [1.165, 1.54) is 12.1 Å². The molecule has 0 aliphatic carbocycles. The predicted octanol–water partition coefficient (Wildman–Crippen LogP) is 3.96. The number of benzene rings is 1. The van der Waals surface area contributed by atoms with Crippen LogP contribution in [-0.2, 0) is 4.79 Å². The monoisotopic (exact) mass is 403 g/mol. The van der Waals surface area contributed by atoms with Gasteiger partial charge in [0.1, 0.15) is 5.82 Å². The van der Waals surface area contributed by atoms with Crippen molar-refractivity contribution in [1.82, 2.24) is 14.3 Å². The van der Waals surface area contributed by atoms with Gasteiger partial charge in [-0.1, -0.05) is 0 Å². The first-order valence-electron chi connectivity index (χ1n) is 8.66. The average molecular weight is 404 g/mol. The van der Waals surface area contributed by atoms with Gasteiger partial charge in [0.2, 0.25) is 11.0 Å². The zero-order chi connectivity index (χ0) is 18.8. The van der Waals surface area contributed by atoms with Crippen LogP contribution in [-0.4, -0.2) is 33.3 Å². The number of carbonyl (C=O) groups is 1. The smallest absolute Gasteiger partial charge is 0.229 e. The molecule has 1 N–H and O–H groups in total. The molecule has 9 heteroatoms. The molecule has 140 valence electrons. The van der Waals surface area contributed by atoms with Gasteiger partial charge >= 0.3 is 0 Å². The normalized spacial score (nSPS) is 15.1. The Labute approximate surface area is 164 Å². The maximum atomic E-state index is 13.0. The van der Waals surface area contributed by atoms with Gasteiger partial charge in [-0.3, -0.25) is 4.79 Å². The highest BCUT2D eigenvalue weighted by atomic mass is 32.1. The van der Waals surface area contributed by atoms with Crippen molar-refractivity contribution in [2.24, 2.45) is 5.92 Å². The molecule has 6 nitrogen and oxygen atoms in total. The third-order valence-corrected chi connectivity index (χ3v) is 6.15. The summed E-state index contributed by atoms with van der Waals surface area (Å²) in [7, 11) is 0. The summed E-state index contributed by atoms with van der Waals surface area (Å²) in [6.07, 6.45) is 1.57. The van der Waals surface area contributed by atoms with Gasteiger partial charge in [-0.25, -0.2) is 9.37 Å². The fraction of sp³-hybridized carbons (Fsp3) is 0.333. The lowest BCUT2D eigenvalue weighted by Crippen LogP contribution is -2.38. The van der Waals surface area contributed by atoms with E-state index in [0.717, 1.165) is 53.9 Å². The molecule has 3 aromatic rings. The fourth-order valence-corrected chi connectivity index (χ4v) is 4.47. The SMILES string of the molecule is Cc1csc(N2CCC(C(=O)Nc3nc(-c4ccc(F)cc4)ns3)CC2)n1. The Morgan fingerprint density at radius 1 is 1.22 bits per heavy atom. The number of halogens is 1. The highest BCUT2D eigenvalue weighted by molar-refractivity contribution is 7.13. The highest BCUT2D eigenvalue weighted by Crippen LogP contribution is 2.27. The van der Waals surface area contributed by atoms with Crippen molar-refractivity contribution < 1.29 is 9.18 Å². The van der Waals surface area contributed by atoms with Gasteiger partial charge in [-0.2, -0.15) is 9.36 Å². The minimum Gasteiger partial charge on any atom is -0.348 e. The molecule has 3 heterocycles. The second-order valence-corrected chi connectivity index (χ2v) is 8.04. The van der Waals surface area contributed by atoms with Crippen LogP contribution < -0.4 is 10.2 Å². The molecule has 1 amide bonds. The quantitative estimate of drug-likeness (QED) is 0.714. The van der Waals surface area contributed by atoms with Crippen LogP contribution in [0.3, 0.4) is 0 Å². The minimum atomic E-state index is -0.304.